The first-order chi connectivity index (χ1) is 13.5. The summed E-state index contributed by atoms with van der Waals surface area (Å²) >= 11 is 1.36. The number of carbonyl (C=O) groups excluding carboxylic acids is 1. The maximum Gasteiger partial charge on any atom is 0.317 e. The molecule has 1 N–H and O–H groups in total. The Balaban J connectivity index is 1.45. The van der Waals surface area contributed by atoms with Crippen molar-refractivity contribution in [2.24, 2.45) is 0 Å². The highest BCUT2D eigenvalue weighted by Crippen LogP contribution is 2.26. The molecule has 0 radical (unpaired) electrons. The number of nitrogens with one attached hydrogen (secondary N) is 1. The summed E-state index contributed by atoms with van der Waals surface area (Å²) in [4.78, 5) is 18.5. The number of anilines is 2. The molecule has 0 saturated carbocycles. The molecule has 0 spiro atoms. The molecule has 0 bridgehead atoms. The van der Waals surface area contributed by atoms with Crippen LogP contribution in [0.2, 0.25) is 0 Å². The van der Waals surface area contributed by atoms with Gasteiger partial charge in [-0.1, -0.05) is 5.10 Å². The third-order valence-electron chi connectivity index (χ3n) is 3.87. The minimum absolute atomic E-state index is 0.286. The lowest BCUT2D eigenvalue weighted by Gasteiger charge is -2.04. The number of rotatable bonds is 5. The summed E-state index contributed by atoms with van der Waals surface area (Å²) in [5.74, 6) is 1.59. The molecule has 0 aliphatic heterocycles. The van der Waals surface area contributed by atoms with Crippen LogP contribution in [0.4, 0.5) is 11.7 Å². The van der Waals surface area contributed by atoms with Crippen LogP contribution in [0.25, 0.3) is 22.2 Å². The van der Waals surface area contributed by atoms with E-state index in [9.17, 15) is 4.79 Å². The molecule has 8 nitrogen and oxygen atoms in total. The zero-order valence-corrected chi connectivity index (χ0v) is 16.3. The van der Waals surface area contributed by atoms with Crippen molar-refractivity contribution in [2.45, 2.75) is 6.92 Å². The number of amides is 1. The maximum atomic E-state index is 12.5. The SMILES string of the molecule is Cc1ccc(-c2nc(C(=O)Nc3ccc(-c4nnc(N(C)C)o4)cc3)cs2)o1. The Bertz CT molecular complexity index is 1110. The van der Waals surface area contributed by atoms with Gasteiger partial charge in [-0.2, -0.15) is 0 Å². The summed E-state index contributed by atoms with van der Waals surface area (Å²) in [5.41, 5.74) is 1.75. The monoisotopic (exact) mass is 395 g/mol. The van der Waals surface area contributed by atoms with E-state index in [4.69, 9.17) is 8.83 Å². The van der Waals surface area contributed by atoms with E-state index >= 15 is 0 Å². The van der Waals surface area contributed by atoms with Gasteiger partial charge in [-0.3, -0.25) is 4.79 Å². The zero-order valence-electron chi connectivity index (χ0n) is 15.5. The van der Waals surface area contributed by atoms with Crippen molar-refractivity contribution in [3.63, 3.8) is 0 Å². The van der Waals surface area contributed by atoms with Crippen LogP contribution in [-0.4, -0.2) is 35.2 Å². The lowest BCUT2D eigenvalue weighted by molar-refractivity contribution is 0.102. The van der Waals surface area contributed by atoms with Gasteiger partial charge in [0.15, 0.2) is 10.8 Å². The number of carbonyl (C=O) groups is 1. The first kappa shape index (κ1) is 17.9. The van der Waals surface area contributed by atoms with Crippen molar-refractivity contribution in [3.8, 4) is 22.2 Å². The third kappa shape index (κ3) is 3.65. The molecule has 3 heterocycles. The van der Waals surface area contributed by atoms with Crippen LogP contribution in [0.1, 0.15) is 16.2 Å². The number of aromatic nitrogens is 3. The predicted octanol–water partition coefficient (Wildman–Crippen LogP) is 4.08. The van der Waals surface area contributed by atoms with E-state index in [0.717, 1.165) is 11.3 Å². The molecular weight excluding hydrogens is 378 g/mol. The minimum atomic E-state index is -0.286. The smallest absolute Gasteiger partial charge is 0.317 e. The standard InChI is InChI=1S/C19H17N5O3S/c1-11-4-9-15(26-11)18-21-14(10-28-18)16(25)20-13-7-5-12(6-8-13)17-22-23-19(27-17)24(2)3/h4-10H,1-3H3,(H,20,25). The molecule has 1 aromatic carbocycles. The lowest BCUT2D eigenvalue weighted by Crippen LogP contribution is -2.12. The number of benzene rings is 1. The fraction of sp³-hybridized carbons (Fsp3) is 0.158. The highest BCUT2D eigenvalue weighted by Gasteiger charge is 2.15. The van der Waals surface area contributed by atoms with E-state index in [0.29, 0.717) is 34.1 Å². The molecule has 0 atom stereocenters. The van der Waals surface area contributed by atoms with Gasteiger partial charge in [0.05, 0.1) is 0 Å². The van der Waals surface area contributed by atoms with E-state index in [2.05, 4.69) is 20.5 Å². The molecule has 0 saturated heterocycles. The highest BCUT2D eigenvalue weighted by molar-refractivity contribution is 7.13. The number of thiazole rings is 1. The Kier molecular flexibility index (Phi) is 4.66. The molecule has 4 rings (SSSR count). The number of hydrogen-bond donors (Lipinski definition) is 1. The van der Waals surface area contributed by atoms with Crippen molar-refractivity contribution in [1.82, 2.24) is 15.2 Å². The topological polar surface area (TPSA) is 97.3 Å². The second-order valence-electron chi connectivity index (χ2n) is 6.26. The van der Waals surface area contributed by atoms with Gasteiger partial charge in [-0.25, -0.2) is 4.98 Å². The third-order valence-corrected chi connectivity index (χ3v) is 4.73. The summed E-state index contributed by atoms with van der Waals surface area (Å²) in [7, 11) is 3.65. The molecule has 4 aromatic rings. The van der Waals surface area contributed by atoms with E-state index in [1.165, 1.54) is 11.3 Å². The first-order valence-electron chi connectivity index (χ1n) is 8.44. The summed E-state index contributed by atoms with van der Waals surface area (Å²) in [5, 5.41) is 13.2. The van der Waals surface area contributed by atoms with Gasteiger partial charge in [-0.05, 0) is 43.3 Å². The number of nitrogens with zero attached hydrogens (tertiary/aromatic N) is 4. The normalized spacial score (nSPS) is 10.8. The molecule has 142 valence electrons. The van der Waals surface area contributed by atoms with Crippen LogP contribution in [0, 0.1) is 6.92 Å². The van der Waals surface area contributed by atoms with Crippen molar-refractivity contribution >= 4 is 28.9 Å². The minimum Gasteiger partial charge on any atom is -0.459 e. The van der Waals surface area contributed by atoms with Crippen LogP contribution >= 0.6 is 11.3 Å². The second-order valence-corrected chi connectivity index (χ2v) is 7.12. The van der Waals surface area contributed by atoms with Gasteiger partial charge in [0.2, 0.25) is 5.89 Å². The van der Waals surface area contributed by atoms with E-state index in [-0.39, 0.29) is 5.91 Å². The van der Waals surface area contributed by atoms with E-state index < -0.39 is 0 Å². The number of aryl methyl sites for hydroxylation is 1. The van der Waals surface area contributed by atoms with Gasteiger partial charge in [0.25, 0.3) is 5.91 Å². The number of furan rings is 1. The number of hydrogen-bond acceptors (Lipinski definition) is 8. The van der Waals surface area contributed by atoms with E-state index in [1.54, 1.807) is 34.5 Å². The van der Waals surface area contributed by atoms with Gasteiger partial charge in [-0.15, -0.1) is 16.4 Å². The first-order valence-corrected chi connectivity index (χ1v) is 9.32. The van der Waals surface area contributed by atoms with Crippen molar-refractivity contribution in [2.75, 3.05) is 24.3 Å². The molecular formula is C19H17N5O3S. The van der Waals surface area contributed by atoms with Gasteiger partial charge in [0, 0.05) is 30.7 Å². The quantitative estimate of drug-likeness (QED) is 0.544. The van der Waals surface area contributed by atoms with Crippen LogP contribution in [0.5, 0.6) is 0 Å². The second kappa shape index (κ2) is 7.28. The average Bonchev–Trinajstić information content (AvgIpc) is 3.42. The van der Waals surface area contributed by atoms with Gasteiger partial charge >= 0.3 is 6.01 Å². The predicted molar refractivity (Wildman–Crippen MR) is 107 cm³/mol. The summed E-state index contributed by atoms with van der Waals surface area (Å²) < 4.78 is 11.1. The highest BCUT2D eigenvalue weighted by atomic mass is 32.1. The summed E-state index contributed by atoms with van der Waals surface area (Å²) in [6, 6.07) is 11.3. The van der Waals surface area contributed by atoms with Crippen LogP contribution < -0.4 is 10.2 Å². The molecule has 28 heavy (non-hydrogen) atoms. The lowest BCUT2D eigenvalue weighted by atomic mass is 10.2. The van der Waals surface area contributed by atoms with Crippen LogP contribution in [0.15, 0.2) is 50.6 Å². The Morgan fingerprint density at radius 2 is 1.86 bits per heavy atom. The molecule has 0 unspecified atom stereocenters. The average molecular weight is 395 g/mol. The van der Waals surface area contributed by atoms with Gasteiger partial charge in [0.1, 0.15) is 11.5 Å². The Hall–Kier alpha value is -3.46. The summed E-state index contributed by atoms with van der Waals surface area (Å²) in [6.07, 6.45) is 0. The molecule has 9 heteroatoms. The van der Waals surface area contributed by atoms with Crippen LogP contribution in [-0.2, 0) is 0 Å². The van der Waals surface area contributed by atoms with Crippen LogP contribution in [0.3, 0.4) is 0 Å². The largest absolute Gasteiger partial charge is 0.459 e. The fourth-order valence-corrected chi connectivity index (χ4v) is 3.20. The zero-order chi connectivity index (χ0) is 19.7. The van der Waals surface area contributed by atoms with E-state index in [1.807, 2.05) is 33.2 Å². The Labute approximate surface area is 164 Å². The molecule has 1 amide bonds. The Morgan fingerprint density at radius 1 is 1.07 bits per heavy atom. The van der Waals surface area contributed by atoms with Gasteiger partial charge < -0.3 is 19.1 Å². The summed E-state index contributed by atoms with van der Waals surface area (Å²) in [6.45, 7) is 1.87. The molecule has 3 aromatic heterocycles. The maximum absolute atomic E-state index is 12.5. The molecule has 0 aliphatic carbocycles. The van der Waals surface area contributed by atoms with Crippen molar-refractivity contribution < 1.29 is 13.6 Å². The van der Waals surface area contributed by atoms with Crippen molar-refractivity contribution in [1.29, 1.82) is 0 Å². The fourth-order valence-electron chi connectivity index (χ4n) is 2.44. The molecule has 0 fully saturated rings. The Morgan fingerprint density at radius 3 is 2.50 bits per heavy atom. The van der Waals surface area contributed by atoms with Crippen molar-refractivity contribution in [3.05, 3.63) is 53.2 Å². The molecule has 0 aliphatic rings.